The number of nitrogens with two attached hydrogens (primary N) is 1. The Labute approximate surface area is 134 Å². The molecule has 3 nitrogen and oxygen atoms in total. The van der Waals surface area contributed by atoms with E-state index in [4.69, 9.17) is 11.0 Å². The first kappa shape index (κ1) is 15.4. The minimum Gasteiger partial charge on any atom is -0.371 e. The summed E-state index contributed by atoms with van der Waals surface area (Å²) in [5, 5.41) is 8.91. The fourth-order valence-electron chi connectivity index (χ4n) is 4.20. The van der Waals surface area contributed by atoms with E-state index in [1.165, 1.54) is 50.6 Å². The minimum absolute atomic E-state index is 0.430. The van der Waals surface area contributed by atoms with E-state index in [-0.39, 0.29) is 0 Å². The number of nitriles is 1. The van der Waals surface area contributed by atoms with Crippen LogP contribution >= 0.6 is 0 Å². The van der Waals surface area contributed by atoms with Gasteiger partial charge in [-0.1, -0.05) is 12.8 Å². The van der Waals surface area contributed by atoms with E-state index in [1.54, 1.807) is 0 Å². The van der Waals surface area contributed by atoms with Gasteiger partial charge in [-0.2, -0.15) is 5.26 Å². The number of hydrogen-bond donors (Lipinski definition) is 1. The minimum atomic E-state index is 0.430. The molecule has 0 amide bonds. The molecule has 1 aliphatic heterocycles. The van der Waals surface area contributed by atoms with Gasteiger partial charge in [-0.05, 0) is 68.2 Å². The van der Waals surface area contributed by atoms with Crippen molar-refractivity contribution in [2.75, 3.05) is 18.0 Å². The molecule has 2 fully saturated rings. The molecule has 3 atom stereocenters. The molecular weight excluding hydrogens is 270 g/mol. The quantitative estimate of drug-likeness (QED) is 0.926. The van der Waals surface area contributed by atoms with Gasteiger partial charge >= 0.3 is 0 Å². The average molecular weight is 297 g/mol. The van der Waals surface area contributed by atoms with Crippen molar-refractivity contribution in [2.45, 2.75) is 51.0 Å². The normalized spacial score (nSPS) is 29.1. The lowest BCUT2D eigenvalue weighted by molar-refractivity contribution is 0.237. The van der Waals surface area contributed by atoms with Gasteiger partial charge in [0.05, 0.1) is 11.6 Å². The van der Waals surface area contributed by atoms with Crippen molar-refractivity contribution in [1.29, 1.82) is 5.26 Å². The molecule has 1 aromatic rings. The van der Waals surface area contributed by atoms with Crippen LogP contribution < -0.4 is 10.6 Å². The number of anilines is 1. The van der Waals surface area contributed by atoms with Crippen molar-refractivity contribution in [3.63, 3.8) is 0 Å². The Kier molecular flexibility index (Phi) is 5.00. The average Bonchev–Trinajstić information content (AvgIpc) is 2.57. The van der Waals surface area contributed by atoms with E-state index in [0.717, 1.165) is 30.5 Å². The lowest BCUT2D eigenvalue weighted by Gasteiger charge is -2.38. The fourth-order valence-corrected chi connectivity index (χ4v) is 4.20. The molecule has 1 aromatic carbocycles. The first-order valence-electron chi connectivity index (χ1n) is 8.77. The molecule has 118 valence electrons. The van der Waals surface area contributed by atoms with Gasteiger partial charge in [0.1, 0.15) is 0 Å². The van der Waals surface area contributed by atoms with E-state index in [1.807, 2.05) is 12.1 Å². The molecular formula is C19H27N3. The van der Waals surface area contributed by atoms with Crippen LogP contribution in [0.1, 0.15) is 50.5 Å². The van der Waals surface area contributed by atoms with Crippen LogP contribution in [0.25, 0.3) is 0 Å². The highest BCUT2D eigenvalue weighted by atomic mass is 15.1. The molecule has 1 aliphatic carbocycles. The van der Waals surface area contributed by atoms with Crippen LogP contribution in [0.3, 0.4) is 0 Å². The fraction of sp³-hybridized carbons (Fsp3) is 0.632. The molecule has 2 aliphatic rings. The van der Waals surface area contributed by atoms with Crippen LogP contribution in [0.2, 0.25) is 0 Å². The Bertz CT molecular complexity index is 516. The number of nitrogens with zero attached hydrogens (tertiary/aromatic N) is 2. The Morgan fingerprint density at radius 3 is 2.59 bits per heavy atom. The number of hydrogen-bond acceptors (Lipinski definition) is 3. The molecule has 3 rings (SSSR count). The van der Waals surface area contributed by atoms with Crippen molar-refractivity contribution in [3.8, 4) is 6.07 Å². The summed E-state index contributed by atoms with van der Waals surface area (Å²) in [6.07, 6.45) is 9.14. The highest BCUT2D eigenvalue weighted by Crippen LogP contribution is 2.33. The van der Waals surface area contributed by atoms with Crippen molar-refractivity contribution in [3.05, 3.63) is 29.8 Å². The van der Waals surface area contributed by atoms with Crippen LogP contribution in [-0.4, -0.2) is 19.1 Å². The SMILES string of the molecule is N#Cc1ccc(N2CCC[C@H](C[C@@H]3CCCC[C@H]3N)C2)cc1. The summed E-state index contributed by atoms with van der Waals surface area (Å²) in [7, 11) is 0. The van der Waals surface area contributed by atoms with Gasteiger partial charge in [-0.25, -0.2) is 0 Å². The zero-order valence-corrected chi connectivity index (χ0v) is 13.4. The summed E-state index contributed by atoms with van der Waals surface area (Å²) in [5.74, 6) is 1.51. The van der Waals surface area contributed by atoms with Crippen LogP contribution in [-0.2, 0) is 0 Å². The third kappa shape index (κ3) is 3.62. The zero-order valence-electron chi connectivity index (χ0n) is 13.4. The lowest BCUT2D eigenvalue weighted by Crippen LogP contribution is -2.39. The second-order valence-corrected chi connectivity index (χ2v) is 7.06. The Hall–Kier alpha value is -1.53. The summed E-state index contributed by atoms with van der Waals surface area (Å²) in [6, 6.07) is 10.7. The zero-order chi connectivity index (χ0) is 15.4. The van der Waals surface area contributed by atoms with Gasteiger partial charge in [0.2, 0.25) is 0 Å². The highest BCUT2D eigenvalue weighted by Gasteiger charge is 2.27. The summed E-state index contributed by atoms with van der Waals surface area (Å²) in [5.41, 5.74) is 8.33. The largest absolute Gasteiger partial charge is 0.371 e. The molecule has 0 bridgehead atoms. The van der Waals surface area contributed by atoms with E-state index in [9.17, 15) is 0 Å². The van der Waals surface area contributed by atoms with Gasteiger partial charge in [0.25, 0.3) is 0 Å². The van der Waals surface area contributed by atoms with Crippen LogP contribution in [0.4, 0.5) is 5.69 Å². The predicted octanol–water partition coefficient (Wildman–Crippen LogP) is 3.68. The summed E-state index contributed by atoms with van der Waals surface area (Å²) in [6.45, 7) is 2.29. The smallest absolute Gasteiger partial charge is 0.0991 e. The number of piperidine rings is 1. The van der Waals surface area contributed by atoms with E-state index >= 15 is 0 Å². The molecule has 1 saturated heterocycles. The number of rotatable bonds is 3. The molecule has 0 radical (unpaired) electrons. The van der Waals surface area contributed by atoms with Crippen LogP contribution in [0, 0.1) is 23.2 Å². The Balaban J connectivity index is 1.60. The van der Waals surface area contributed by atoms with Gasteiger partial charge in [-0.3, -0.25) is 0 Å². The predicted molar refractivity (Wildman–Crippen MR) is 90.6 cm³/mol. The summed E-state index contributed by atoms with van der Waals surface area (Å²) < 4.78 is 0. The second-order valence-electron chi connectivity index (χ2n) is 7.06. The molecule has 0 aromatic heterocycles. The second kappa shape index (κ2) is 7.15. The highest BCUT2D eigenvalue weighted by molar-refractivity contribution is 5.50. The molecule has 0 unspecified atom stereocenters. The Morgan fingerprint density at radius 1 is 1.09 bits per heavy atom. The van der Waals surface area contributed by atoms with Gasteiger partial charge in [0, 0.05) is 24.8 Å². The number of benzene rings is 1. The topological polar surface area (TPSA) is 53.0 Å². The van der Waals surface area contributed by atoms with Gasteiger partial charge in [-0.15, -0.1) is 0 Å². The van der Waals surface area contributed by atoms with Crippen molar-refractivity contribution in [2.24, 2.45) is 17.6 Å². The molecule has 0 spiro atoms. The van der Waals surface area contributed by atoms with Crippen molar-refractivity contribution < 1.29 is 0 Å². The molecule has 2 N–H and O–H groups in total. The van der Waals surface area contributed by atoms with E-state index in [0.29, 0.717) is 6.04 Å². The first-order chi connectivity index (χ1) is 10.8. The summed E-state index contributed by atoms with van der Waals surface area (Å²) >= 11 is 0. The molecule has 3 heteroatoms. The standard InChI is InChI=1S/C19H27N3/c20-13-15-7-9-18(10-8-15)22-11-3-4-16(14-22)12-17-5-1-2-6-19(17)21/h7-10,16-17,19H,1-6,11-12,14,21H2/t16-,17+,19-/m1/s1. The molecule has 22 heavy (non-hydrogen) atoms. The van der Waals surface area contributed by atoms with Crippen LogP contribution in [0.15, 0.2) is 24.3 Å². The molecule has 1 saturated carbocycles. The summed E-state index contributed by atoms with van der Waals surface area (Å²) in [4.78, 5) is 2.49. The first-order valence-corrected chi connectivity index (χ1v) is 8.77. The van der Waals surface area contributed by atoms with Gasteiger partial charge in [0.15, 0.2) is 0 Å². The maximum atomic E-state index is 8.91. The maximum absolute atomic E-state index is 8.91. The monoisotopic (exact) mass is 297 g/mol. The van der Waals surface area contributed by atoms with E-state index < -0.39 is 0 Å². The van der Waals surface area contributed by atoms with Crippen molar-refractivity contribution in [1.82, 2.24) is 0 Å². The third-order valence-corrected chi connectivity index (χ3v) is 5.48. The molecule has 1 heterocycles. The maximum Gasteiger partial charge on any atom is 0.0991 e. The Morgan fingerprint density at radius 2 is 1.86 bits per heavy atom. The third-order valence-electron chi connectivity index (χ3n) is 5.48. The van der Waals surface area contributed by atoms with Crippen molar-refractivity contribution >= 4 is 5.69 Å². The van der Waals surface area contributed by atoms with E-state index in [2.05, 4.69) is 23.1 Å². The van der Waals surface area contributed by atoms with Crippen LogP contribution in [0.5, 0.6) is 0 Å². The van der Waals surface area contributed by atoms with Gasteiger partial charge < -0.3 is 10.6 Å². The lowest BCUT2D eigenvalue weighted by atomic mass is 9.77.